The largest absolute Gasteiger partial charge is 0.444 e. The molecule has 3 N–H and O–H groups in total. The maximum absolute atomic E-state index is 12.1. The van der Waals surface area contributed by atoms with Gasteiger partial charge in [0.05, 0.1) is 0 Å². The maximum Gasteiger partial charge on any atom is 0.410 e. The molecule has 0 aromatic rings. The van der Waals surface area contributed by atoms with Gasteiger partial charge in [-0.15, -0.1) is 0 Å². The molecule has 1 saturated heterocycles. The number of piperidine rings is 1. The summed E-state index contributed by atoms with van der Waals surface area (Å²) >= 11 is 6.17. The van der Waals surface area contributed by atoms with E-state index >= 15 is 0 Å². The van der Waals surface area contributed by atoms with Crippen molar-refractivity contribution in [3.63, 3.8) is 0 Å². The first-order valence-electron chi connectivity index (χ1n) is 9.27. The van der Waals surface area contributed by atoms with Crippen LogP contribution in [0.1, 0.15) is 47.0 Å². The Morgan fingerprint density at radius 3 is 2.69 bits per heavy atom. The van der Waals surface area contributed by atoms with E-state index in [4.69, 9.17) is 22.1 Å². The van der Waals surface area contributed by atoms with Crippen molar-refractivity contribution in [2.45, 2.75) is 52.6 Å². The fraction of sp³-hybridized carbons (Fsp3) is 0.684. The van der Waals surface area contributed by atoms with Crippen LogP contribution in [0.2, 0.25) is 0 Å². The van der Waals surface area contributed by atoms with E-state index < -0.39 is 5.60 Å². The zero-order valence-corrected chi connectivity index (χ0v) is 17.0. The number of allylic oxidation sites excluding steroid dienone is 2. The summed E-state index contributed by atoms with van der Waals surface area (Å²) < 4.78 is 5.44. The summed E-state index contributed by atoms with van der Waals surface area (Å²) in [6, 6.07) is 0. The summed E-state index contributed by atoms with van der Waals surface area (Å²) in [5, 5.41) is 4.13. The highest BCUT2D eigenvalue weighted by molar-refractivity contribution is 6.31. The molecule has 0 aromatic heterocycles. The summed E-state index contributed by atoms with van der Waals surface area (Å²) in [7, 11) is 0. The third-order valence-corrected chi connectivity index (χ3v) is 4.99. The summed E-state index contributed by atoms with van der Waals surface area (Å²) in [6.07, 6.45) is 6.26. The topological polar surface area (TPSA) is 80.0 Å². The predicted octanol–water partition coefficient (Wildman–Crippen LogP) is 3.58. The molecule has 0 aromatic carbocycles. The summed E-state index contributed by atoms with van der Waals surface area (Å²) in [5.74, 6) is 1.94. The molecule has 6 nitrogen and oxygen atoms in total. The Kier molecular flexibility index (Phi) is 6.98. The molecular weight excluding hydrogens is 352 g/mol. The third kappa shape index (κ3) is 6.56. The SMILES string of the molecule is CC1C/C=C(NCC2CCN(C(=O)OC(C)(C)C)CC2)/N=C(N)\C=C/1Cl. The van der Waals surface area contributed by atoms with Crippen LogP contribution < -0.4 is 11.1 Å². The molecule has 1 amide bonds. The molecule has 0 saturated carbocycles. The van der Waals surface area contributed by atoms with E-state index in [0.717, 1.165) is 49.7 Å². The number of hydrogen-bond acceptors (Lipinski definition) is 5. The van der Waals surface area contributed by atoms with Crippen molar-refractivity contribution in [1.82, 2.24) is 10.2 Å². The van der Waals surface area contributed by atoms with Gasteiger partial charge in [-0.1, -0.05) is 18.5 Å². The molecule has 1 atom stereocenters. The Morgan fingerprint density at radius 2 is 2.08 bits per heavy atom. The lowest BCUT2D eigenvalue weighted by Crippen LogP contribution is -2.43. The average molecular weight is 383 g/mol. The van der Waals surface area contributed by atoms with Gasteiger partial charge >= 0.3 is 6.09 Å². The number of nitrogens with zero attached hydrogens (tertiary/aromatic N) is 2. The first kappa shape index (κ1) is 20.6. The maximum atomic E-state index is 12.1. The Bertz CT molecular complexity index is 599. The van der Waals surface area contributed by atoms with Crippen molar-refractivity contribution in [3.8, 4) is 0 Å². The van der Waals surface area contributed by atoms with Gasteiger partial charge in [0.15, 0.2) is 0 Å². The number of aliphatic imine (C=N–C) groups is 1. The highest BCUT2D eigenvalue weighted by Gasteiger charge is 2.26. The molecule has 1 unspecified atom stereocenters. The highest BCUT2D eigenvalue weighted by Crippen LogP contribution is 2.22. The third-order valence-electron chi connectivity index (χ3n) is 4.51. The molecule has 0 aliphatic carbocycles. The van der Waals surface area contributed by atoms with E-state index in [2.05, 4.69) is 17.2 Å². The molecule has 7 heteroatoms. The van der Waals surface area contributed by atoms with Crippen LogP contribution in [-0.2, 0) is 4.74 Å². The van der Waals surface area contributed by atoms with E-state index in [1.165, 1.54) is 0 Å². The first-order chi connectivity index (χ1) is 12.1. The number of amidine groups is 1. The zero-order chi connectivity index (χ0) is 19.3. The monoisotopic (exact) mass is 382 g/mol. The Balaban J connectivity index is 1.81. The lowest BCUT2D eigenvalue weighted by molar-refractivity contribution is 0.0185. The first-order valence-corrected chi connectivity index (χ1v) is 9.65. The van der Waals surface area contributed by atoms with E-state index in [-0.39, 0.29) is 12.0 Å². The fourth-order valence-corrected chi connectivity index (χ4v) is 3.11. The molecule has 146 valence electrons. The minimum Gasteiger partial charge on any atom is -0.444 e. The van der Waals surface area contributed by atoms with Crippen molar-refractivity contribution >= 4 is 23.5 Å². The second kappa shape index (κ2) is 8.80. The second-order valence-corrected chi connectivity index (χ2v) is 8.52. The van der Waals surface area contributed by atoms with E-state index in [1.54, 1.807) is 11.0 Å². The molecule has 2 aliphatic heterocycles. The van der Waals surface area contributed by atoms with Crippen LogP contribution >= 0.6 is 11.6 Å². The summed E-state index contributed by atoms with van der Waals surface area (Å²) in [6.45, 7) is 10.00. The Labute approximate surface area is 161 Å². The highest BCUT2D eigenvalue weighted by atomic mass is 35.5. The quantitative estimate of drug-likeness (QED) is 0.781. The van der Waals surface area contributed by atoms with Crippen LogP contribution in [0.15, 0.2) is 28.0 Å². The van der Waals surface area contributed by atoms with Crippen LogP contribution in [0.3, 0.4) is 0 Å². The number of nitrogens with one attached hydrogen (secondary N) is 1. The normalized spacial score (nSPS) is 28.6. The minimum atomic E-state index is -0.452. The van der Waals surface area contributed by atoms with Gasteiger partial charge in [0, 0.05) is 24.7 Å². The number of halogens is 1. The molecule has 1 fully saturated rings. The van der Waals surface area contributed by atoms with Crippen LogP contribution in [0.5, 0.6) is 0 Å². The van der Waals surface area contributed by atoms with E-state index in [0.29, 0.717) is 11.8 Å². The van der Waals surface area contributed by atoms with Crippen LogP contribution in [0.4, 0.5) is 4.79 Å². The number of likely N-dealkylation sites (tertiary alicyclic amines) is 1. The van der Waals surface area contributed by atoms with Crippen LogP contribution in [0, 0.1) is 11.8 Å². The number of nitrogens with two attached hydrogens (primary N) is 1. The fourth-order valence-electron chi connectivity index (χ4n) is 2.91. The molecule has 0 bridgehead atoms. The molecule has 2 aliphatic rings. The van der Waals surface area contributed by atoms with Crippen molar-refractivity contribution in [3.05, 3.63) is 23.0 Å². The van der Waals surface area contributed by atoms with Crippen LogP contribution in [0.25, 0.3) is 0 Å². The lowest BCUT2D eigenvalue weighted by Gasteiger charge is -2.33. The number of ether oxygens (including phenoxy) is 1. The smallest absolute Gasteiger partial charge is 0.410 e. The second-order valence-electron chi connectivity index (χ2n) is 8.08. The zero-order valence-electron chi connectivity index (χ0n) is 16.2. The number of hydrogen-bond donors (Lipinski definition) is 2. The number of amides is 1. The molecule has 26 heavy (non-hydrogen) atoms. The average Bonchev–Trinajstić information content (AvgIpc) is 2.54. The van der Waals surface area contributed by atoms with Gasteiger partial charge in [-0.2, -0.15) is 0 Å². The van der Waals surface area contributed by atoms with Crippen molar-refractivity contribution in [2.75, 3.05) is 19.6 Å². The van der Waals surface area contributed by atoms with E-state index in [1.807, 2.05) is 26.8 Å². The van der Waals surface area contributed by atoms with Gasteiger partial charge in [-0.25, -0.2) is 9.79 Å². The summed E-state index contributed by atoms with van der Waals surface area (Å²) in [4.78, 5) is 18.3. The standard InChI is InChI=1S/C19H31ClN4O2/c1-13-5-6-17(23-16(21)11-15(13)20)22-12-14-7-9-24(10-8-14)18(25)26-19(2,3)4/h6,11,13-14,22H,5,7-10,12H2,1-4H3,(H2,21,23)/b15-11+,17-6+. The van der Waals surface area contributed by atoms with Gasteiger partial charge in [0.25, 0.3) is 0 Å². The number of carbonyl (C=O) groups excluding carboxylic acids is 1. The molecule has 0 spiro atoms. The summed E-state index contributed by atoms with van der Waals surface area (Å²) in [5.41, 5.74) is 5.46. The predicted molar refractivity (Wildman–Crippen MR) is 106 cm³/mol. The van der Waals surface area contributed by atoms with Gasteiger partial charge in [-0.3, -0.25) is 0 Å². The van der Waals surface area contributed by atoms with E-state index in [9.17, 15) is 4.79 Å². The Morgan fingerprint density at radius 1 is 1.42 bits per heavy atom. The van der Waals surface area contributed by atoms with Gasteiger partial charge in [0.1, 0.15) is 17.3 Å². The Hall–Kier alpha value is -1.69. The van der Waals surface area contributed by atoms with Gasteiger partial charge in [-0.05, 0) is 64.0 Å². The van der Waals surface area contributed by atoms with Crippen LogP contribution in [-0.4, -0.2) is 42.1 Å². The van der Waals surface area contributed by atoms with Crippen molar-refractivity contribution < 1.29 is 9.53 Å². The number of carbonyl (C=O) groups is 1. The van der Waals surface area contributed by atoms with Crippen molar-refractivity contribution in [1.29, 1.82) is 0 Å². The molecule has 2 rings (SSSR count). The van der Waals surface area contributed by atoms with Gasteiger partial charge in [0.2, 0.25) is 0 Å². The molecular formula is C19H31ClN4O2. The molecule has 0 radical (unpaired) electrons. The number of rotatable bonds is 3. The minimum absolute atomic E-state index is 0.221. The lowest BCUT2D eigenvalue weighted by atomic mass is 9.97. The van der Waals surface area contributed by atoms with Crippen molar-refractivity contribution in [2.24, 2.45) is 22.6 Å². The molecule has 2 heterocycles. The van der Waals surface area contributed by atoms with Gasteiger partial charge < -0.3 is 20.7 Å².